The Labute approximate surface area is 106 Å². The molecule has 0 radical (unpaired) electrons. The molecule has 6 heteroatoms. The highest BCUT2D eigenvalue weighted by molar-refractivity contribution is 5.89. The average Bonchev–Trinajstić information content (AvgIpc) is 2.87. The van der Waals surface area contributed by atoms with Crippen LogP contribution in [0.25, 0.3) is 0 Å². The van der Waals surface area contributed by atoms with Crippen molar-refractivity contribution in [1.82, 2.24) is 5.32 Å². The number of hydrogen-bond acceptors (Lipinski definition) is 4. The van der Waals surface area contributed by atoms with Gasteiger partial charge in [-0.1, -0.05) is 6.92 Å². The van der Waals surface area contributed by atoms with Crippen molar-refractivity contribution < 1.29 is 19.1 Å². The Morgan fingerprint density at radius 1 is 1.44 bits per heavy atom. The van der Waals surface area contributed by atoms with Crippen molar-refractivity contribution in [2.24, 2.45) is 5.73 Å². The molecular formula is C12H20N2O4. The molecule has 2 atom stereocenters. The summed E-state index contributed by atoms with van der Waals surface area (Å²) in [5, 5.41) is 2.55. The van der Waals surface area contributed by atoms with E-state index in [9.17, 15) is 14.4 Å². The third-order valence-electron chi connectivity index (χ3n) is 2.99. The van der Waals surface area contributed by atoms with Gasteiger partial charge in [-0.05, 0) is 19.3 Å². The molecule has 0 bridgehead atoms. The molecule has 102 valence electrons. The quantitative estimate of drug-likeness (QED) is 0.664. The summed E-state index contributed by atoms with van der Waals surface area (Å²) in [5.74, 6) is -0.891. The lowest BCUT2D eigenvalue weighted by Gasteiger charge is -2.17. The minimum atomic E-state index is -0.794. The third-order valence-corrected chi connectivity index (χ3v) is 2.99. The topological polar surface area (TPSA) is 98.5 Å². The summed E-state index contributed by atoms with van der Waals surface area (Å²) in [4.78, 5) is 34.1. The first-order valence-corrected chi connectivity index (χ1v) is 6.27. The van der Waals surface area contributed by atoms with Crippen molar-refractivity contribution in [3.05, 3.63) is 0 Å². The molecule has 18 heavy (non-hydrogen) atoms. The van der Waals surface area contributed by atoms with Crippen molar-refractivity contribution >= 4 is 17.6 Å². The van der Waals surface area contributed by atoms with E-state index in [-0.39, 0.29) is 24.5 Å². The van der Waals surface area contributed by atoms with Crippen LogP contribution in [0.1, 0.15) is 39.0 Å². The largest absolute Gasteiger partial charge is 0.368 e. The zero-order valence-electron chi connectivity index (χ0n) is 10.6. The highest BCUT2D eigenvalue weighted by Gasteiger charge is 2.27. The number of nitrogens with two attached hydrogens (primary N) is 1. The zero-order valence-corrected chi connectivity index (χ0v) is 10.6. The van der Waals surface area contributed by atoms with Gasteiger partial charge in [0.25, 0.3) is 0 Å². The predicted octanol–water partition coefficient (Wildman–Crippen LogP) is -0.105. The second-order valence-electron chi connectivity index (χ2n) is 4.40. The second kappa shape index (κ2) is 7.10. The molecular weight excluding hydrogens is 236 g/mol. The van der Waals surface area contributed by atoms with Crippen LogP contribution in [0.5, 0.6) is 0 Å². The fourth-order valence-corrected chi connectivity index (χ4v) is 1.82. The Morgan fingerprint density at radius 2 is 2.17 bits per heavy atom. The van der Waals surface area contributed by atoms with Crippen molar-refractivity contribution in [3.8, 4) is 0 Å². The molecule has 0 saturated carbocycles. The molecule has 3 N–H and O–H groups in total. The molecule has 1 aliphatic rings. The van der Waals surface area contributed by atoms with Crippen molar-refractivity contribution in [3.63, 3.8) is 0 Å². The molecule has 1 rings (SSSR count). The summed E-state index contributed by atoms with van der Waals surface area (Å²) >= 11 is 0. The molecule has 0 aromatic rings. The Bertz CT molecular complexity index is 324. The molecule has 1 heterocycles. The molecule has 0 aliphatic carbocycles. The molecule has 0 aromatic carbocycles. The molecule has 0 unspecified atom stereocenters. The molecule has 1 aliphatic heterocycles. The molecule has 0 aromatic heterocycles. The van der Waals surface area contributed by atoms with Crippen LogP contribution in [0.4, 0.5) is 0 Å². The van der Waals surface area contributed by atoms with E-state index in [0.29, 0.717) is 19.4 Å². The molecule has 0 spiro atoms. The number of primary amides is 1. The number of Topliss-reactive ketones (excluding diaryl/α,β-unsaturated/α-hetero) is 1. The Morgan fingerprint density at radius 3 is 2.67 bits per heavy atom. The van der Waals surface area contributed by atoms with E-state index in [1.807, 2.05) is 0 Å². The average molecular weight is 256 g/mol. The Kier molecular flexibility index (Phi) is 5.77. The number of carbonyl (C=O) groups excluding carboxylic acids is 3. The van der Waals surface area contributed by atoms with Crippen LogP contribution in [0, 0.1) is 0 Å². The Hall–Kier alpha value is -1.43. The molecule has 6 nitrogen and oxygen atoms in total. The summed E-state index contributed by atoms with van der Waals surface area (Å²) in [7, 11) is 0. The van der Waals surface area contributed by atoms with E-state index in [4.69, 9.17) is 10.5 Å². The summed E-state index contributed by atoms with van der Waals surface area (Å²) in [6, 6.07) is -0.794. The first-order chi connectivity index (χ1) is 8.54. The molecule has 1 saturated heterocycles. The highest BCUT2D eigenvalue weighted by atomic mass is 16.5. The summed E-state index contributed by atoms with van der Waals surface area (Å²) in [6.45, 7) is 2.32. The van der Waals surface area contributed by atoms with Crippen LogP contribution < -0.4 is 11.1 Å². The summed E-state index contributed by atoms with van der Waals surface area (Å²) in [5.41, 5.74) is 5.21. The summed E-state index contributed by atoms with van der Waals surface area (Å²) in [6.07, 6.45) is 1.93. The van der Waals surface area contributed by atoms with E-state index < -0.39 is 18.1 Å². The van der Waals surface area contributed by atoms with E-state index in [1.54, 1.807) is 6.92 Å². The lowest BCUT2D eigenvalue weighted by molar-refractivity contribution is -0.134. The third kappa shape index (κ3) is 4.44. The van der Waals surface area contributed by atoms with Crippen molar-refractivity contribution in [2.45, 2.75) is 51.2 Å². The van der Waals surface area contributed by atoms with E-state index in [2.05, 4.69) is 5.32 Å². The maximum atomic E-state index is 11.7. The maximum Gasteiger partial charge on any atom is 0.249 e. The van der Waals surface area contributed by atoms with Gasteiger partial charge in [0, 0.05) is 19.4 Å². The molecule has 2 amide bonds. The highest BCUT2D eigenvalue weighted by Crippen LogP contribution is 2.12. The maximum absolute atomic E-state index is 11.7. The smallest absolute Gasteiger partial charge is 0.249 e. The SMILES string of the molecule is CCC(=O)CC[C@@H](NC(=O)[C@H]1CCCO1)C(N)=O. The first kappa shape index (κ1) is 14.6. The standard InChI is InChI=1S/C12H20N2O4/c1-2-8(15)5-6-9(11(13)16)14-12(17)10-4-3-7-18-10/h9-10H,2-7H2,1H3,(H2,13,16)(H,14,17)/t9-,10-/m1/s1. The van der Waals surface area contributed by atoms with Crippen molar-refractivity contribution in [1.29, 1.82) is 0 Å². The van der Waals surface area contributed by atoms with Gasteiger partial charge in [-0.2, -0.15) is 0 Å². The number of amides is 2. The van der Waals surface area contributed by atoms with Crippen LogP contribution in [0.3, 0.4) is 0 Å². The van der Waals surface area contributed by atoms with E-state index in [0.717, 1.165) is 6.42 Å². The Balaban J connectivity index is 2.44. The minimum absolute atomic E-state index is 0.0487. The number of rotatable bonds is 7. The van der Waals surface area contributed by atoms with Gasteiger partial charge in [-0.25, -0.2) is 0 Å². The number of carbonyl (C=O) groups is 3. The zero-order chi connectivity index (χ0) is 13.5. The fraction of sp³-hybridized carbons (Fsp3) is 0.750. The van der Waals surface area contributed by atoms with Crippen LogP contribution in [-0.4, -0.2) is 36.4 Å². The van der Waals surface area contributed by atoms with Crippen LogP contribution in [0.15, 0.2) is 0 Å². The lowest BCUT2D eigenvalue weighted by atomic mass is 10.1. The van der Waals surface area contributed by atoms with E-state index >= 15 is 0 Å². The van der Waals surface area contributed by atoms with Gasteiger partial charge in [-0.3, -0.25) is 14.4 Å². The van der Waals surface area contributed by atoms with Crippen LogP contribution in [-0.2, 0) is 19.1 Å². The fourth-order valence-electron chi connectivity index (χ4n) is 1.82. The first-order valence-electron chi connectivity index (χ1n) is 6.27. The van der Waals surface area contributed by atoms with Crippen LogP contribution >= 0.6 is 0 Å². The van der Waals surface area contributed by atoms with Gasteiger partial charge in [0.05, 0.1) is 0 Å². The van der Waals surface area contributed by atoms with Gasteiger partial charge in [0.2, 0.25) is 11.8 Å². The number of ether oxygens (including phenoxy) is 1. The normalized spacial score (nSPS) is 20.4. The van der Waals surface area contributed by atoms with Crippen LogP contribution in [0.2, 0.25) is 0 Å². The number of hydrogen-bond donors (Lipinski definition) is 2. The number of ketones is 1. The number of nitrogens with one attached hydrogen (secondary N) is 1. The lowest BCUT2D eigenvalue weighted by Crippen LogP contribution is -2.48. The van der Waals surface area contributed by atoms with Gasteiger partial charge in [0.15, 0.2) is 0 Å². The van der Waals surface area contributed by atoms with Crippen molar-refractivity contribution in [2.75, 3.05) is 6.61 Å². The van der Waals surface area contributed by atoms with Gasteiger partial charge < -0.3 is 15.8 Å². The van der Waals surface area contributed by atoms with Gasteiger partial charge in [0.1, 0.15) is 17.9 Å². The molecule has 1 fully saturated rings. The summed E-state index contributed by atoms with van der Waals surface area (Å²) < 4.78 is 5.21. The van der Waals surface area contributed by atoms with E-state index in [1.165, 1.54) is 0 Å². The predicted molar refractivity (Wildman–Crippen MR) is 64.6 cm³/mol. The monoisotopic (exact) mass is 256 g/mol. The van der Waals surface area contributed by atoms with Gasteiger partial charge in [-0.15, -0.1) is 0 Å². The second-order valence-corrected chi connectivity index (χ2v) is 4.40. The van der Waals surface area contributed by atoms with Gasteiger partial charge >= 0.3 is 0 Å². The minimum Gasteiger partial charge on any atom is -0.368 e.